The number of aromatic carboxylic acids is 1. The fourth-order valence-electron chi connectivity index (χ4n) is 5.39. The van der Waals surface area contributed by atoms with Crippen molar-refractivity contribution in [3.63, 3.8) is 0 Å². The molecule has 272 valence electrons. The summed E-state index contributed by atoms with van der Waals surface area (Å²) in [4.78, 5) is 78.2. The summed E-state index contributed by atoms with van der Waals surface area (Å²) in [6, 6.07) is 35.5. The van der Waals surface area contributed by atoms with Gasteiger partial charge in [-0.2, -0.15) is 5.26 Å². The van der Waals surface area contributed by atoms with E-state index in [1.54, 1.807) is 78.9 Å². The number of aromatic amines is 3. The van der Waals surface area contributed by atoms with Crippen LogP contribution in [0.25, 0.3) is 43.6 Å². The summed E-state index contributed by atoms with van der Waals surface area (Å²) < 4.78 is 0. The van der Waals surface area contributed by atoms with E-state index in [1.807, 2.05) is 24.3 Å². The van der Waals surface area contributed by atoms with Crippen LogP contribution in [-0.4, -0.2) is 42.2 Å². The van der Waals surface area contributed by atoms with Gasteiger partial charge in [-0.1, -0.05) is 84.4 Å². The molecule has 55 heavy (non-hydrogen) atoms. The van der Waals surface area contributed by atoms with Crippen LogP contribution in [0.1, 0.15) is 36.6 Å². The molecule has 0 aliphatic carbocycles. The van der Waals surface area contributed by atoms with Crippen LogP contribution in [0.2, 0.25) is 5.15 Å². The number of hydrogen-bond acceptors (Lipinski definition) is 8. The number of rotatable bonds is 3. The number of carboxylic acids is 1. The molecular weight excluding hydrogens is 747 g/mol. The third-order valence-corrected chi connectivity index (χ3v) is 8.16. The number of carboxylic acid groups (broad SMARTS) is 1. The van der Waals surface area contributed by atoms with Crippen LogP contribution in [0.4, 0.5) is 0 Å². The van der Waals surface area contributed by atoms with Crippen molar-refractivity contribution >= 4 is 83.9 Å². The molecular formula is C40H26Cl2N6O7. The lowest BCUT2D eigenvalue weighted by atomic mass is 10.1. The van der Waals surface area contributed by atoms with Gasteiger partial charge in [-0.05, 0) is 41.9 Å². The van der Waals surface area contributed by atoms with E-state index in [0.29, 0.717) is 43.4 Å². The van der Waals surface area contributed by atoms with Gasteiger partial charge in [-0.25, -0.2) is 9.78 Å². The Morgan fingerprint density at radius 3 is 1.47 bits per heavy atom. The summed E-state index contributed by atoms with van der Waals surface area (Å²) in [5, 5.41) is 20.1. The number of primary amides is 1. The molecule has 0 aliphatic heterocycles. The summed E-state index contributed by atoms with van der Waals surface area (Å²) in [5.74, 6) is -1.68. The van der Waals surface area contributed by atoms with E-state index in [0.717, 1.165) is 17.0 Å². The highest BCUT2D eigenvalue weighted by Crippen LogP contribution is 2.20. The van der Waals surface area contributed by atoms with E-state index in [1.165, 1.54) is 12.1 Å². The van der Waals surface area contributed by atoms with Crippen molar-refractivity contribution in [2.45, 2.75) is 0 Å². The number of fused-ring (bicyclic) bond motifs is 4. The number of aromatic nitrogens is 4. The van der Waals surface area contributed by atoms with E-state index < -0.39 is 22.7 Å². The average molecular weight is 774 g/mol. The number of nitriles is 1. The number of hydrogen-bond donors (Lipinski definition) is 5. The fourth-order valence-corrected chi connectivity index (χ4v) is 5.75. The van der Waals surface area contributed by atoms with Gasteiger partial charge in [-0.15, -0.1) is 0 Å². The zero-order valence-electron chi connectivity index (χ0n) is 28.2. The molecule has 0 aliphatic rings. The number of para-hydroxylation sites is 4. The zero-order chi connectivity index (χ0) is 39.6. The molecule has 1 amide bonds. The van der Waals surface area contributed by atoms with Gasteiger partial charge in [0.05, 0.1) is 28.3 Å². The Bertz CT molecular complexity index is 2740. The molecule has 0 fully saturated rings. The summed E-state index contributed by atoms with van der Waals surface area (Å²) in [6.45, 7) is 0. The van der Waals surface area contributed by atoms with E-state index in [-0.39, 0.29) is 27.8 Å². The van der Waals surface area contributed by atoms with Gasteiger partial charge in [-0.3, -0.25) is 24.0 Å². The Morgan fingerprint density at radius 1 is 0.618 bits per heavy atom. The summed E-state index contributed by atoms with van der Waals surface area (Å²) >= 11 is 11.1. The molecule has 6 N–H and O–H groups in total. The minimum Gasteiger partial charge on any atom is -0.478 e. The Balaban J connectivity index is 0.000000141. The van der Waals surface area contributed by atoms with Gasteiger partial charge >= 0.3 is 5.97 Å². The van der Waals surface area contributed by atoms with Gasteiger partial charge in [0, 0.05) is 61.9 Å². The van der Waals surface area contributed by atoms with Crippen LogP contribution in [0.15, 0.2) is 136 Å². The minimum absolute atomic E-state index is 0.0318. The molecule has 8 rings (SSSR count). The molecule has 0 spiro atoms. The number of pyridine rings is 4. The number of H-pyrrole nitrogens is 3. The Morgan fingerprint density at radius 2 is 1.02 bits per heavy atom. The van der Waals surface area contributed by atoms with Gasteiger partial charge < -0.3 is 25.8 Å². The van der Waals surface area contributed by atoms with Crippen LogP contribution in [0.3, 0.4) is 0 Å². The lowest BCUT2D eigenvalue weighted by Crippen LogP contribution is -2.16. The molecule has 0 saturated heterocycles. The first-order valence-electron chi connectivity index (χ1n) is 15.9. The van der Waals surface area contributed by atoms with Gasteiger partial charge in [0.2, 0.25) is 22.6 Å². The Hall–Kier alpha value is -7.40. The predicted molar refractivity (Wildman–Crippen MR) is 211 cm³/mol. The third kappa shape index (κ3) is 9.53. The van der Waals surface area contributed by atoms with Crippen molar-refractivity contribution in [1.82, 2.24) is 19.9 Å². The largest absolute Gasteiger partial charge is 0.478 e. The first-order valence-corrected chi connectivity index (χ1v) is 16.7. The quantitative estimate of drug-likeness (QED) is 0.0970. The first kappa shape index (κ1) is 38.8. The second-order valence-corrected chi connectivity index (χ2v) is 12.1. The van der Waals surface area contributed by atoms with Crippen molar-refractivity contribution in [2.24, 2.45) is 5.73 Å². The van der Waals surface area contributed by atoms with Crippen LogP contribution in [-0.2, 0) is 0 Å². The highest BCUT2D eigenvalue weighted by atomic mass is 35.5. The van der Waals surface area contributed by atoms with Gasteiger partial charge in [0.1, 0.15) is 5.15 Å². The monoisotopic (exact) mass is 772 g/mol. The number of carbonyl (C=O) groups is 3. The number of nitrogens with zero attached hydrogens (tertiary/aromatic N) is 2. The molecule has 8 aromatic rings. The lowest BCUT2D eigenvalue weighted by Gasteiger charge is -2.01. The lowest BCUT2D eigenvalue weighted by molar-refractivity contribution is 0.0698. The molecule has 4 heterocycles. The molecule has 4 aromatic heterocycles. The number of halogens is 2. The molecule has 0 atom stereocenters. The van der Waals surface area contributed by atoms with E-state index in [4.69, 9.17) is 39.3 Å². The van der Waals surface area contributed by atoms with E-state index in [2.05, 4.69) is 26.0 Å². The topological polar surface area (TPSA) is 233 Å². The number of benzene rings is 4. The molecule has 0 saturated carbocycles. The molecule has 4 aromatic carbocycles. The minimum atomic E-state index is -1.09. The second-order valence-electron chi connectivity index (χ2n) is 11.3. The predicted octanol–water partition coefficient (Wildman–Crippen LogP) is 6.52. The van der Waals surface area contributed by atoms with E-state index >= 15 is 0 Å². The van der Waals surface area contributed by atoms with Crippen molar-refractivity contribution in [2.75, 3.05) is 0 Å². The number of nitrogens with one attached hydrogen (secondary N) is 3. The maximum Gasteiger partial charge on any atom is 0.336 e. The van der Waals surface area contributed by atoms with Crippen molar-refractivity contribution < 1.29 is 19.5 Å². The summed E-state index contributed by atoms with van der Waals surface area (Å²) in [6.07, 6.45) is 0. The van der Waals surface area contributed by atoms with Crippen LogP contribution in [0.5, 0.6) is 0 Å². The standard InChI is InChI=1S/C10H5ClN2.C10H6ClNO2.C10H8N2O2.C10H7NO3/c11-10-5-7(6-12)8-3-1-2-4-9(8)13-10;2*11-10(14)7-5-9(13)12-8-4-2-1-3-6(7)8;12-9-5-7(10(13)14)6-3-1-2-4-8(6)11-9/h1-5H;1-5H,(H,12,13);1-5H,(H2,11,14)(H,12,13);1-5H,(H,11,12)(H,13,14). The number of nitrogens with two attached hydrogens (primary N) is 1. The maximum atomic E-state index is 11.1. The fraction of sp³-hybridized carbons (Fsp3) is 0. The molecule has 13 nitrogen and oxygen atoms in total. The van der Waals surface area contributed by atoms with Gasteiger partial charge in [0.15, 0.2) is 0 Å². The highest BCUT2D eigenvalue weighted by Gasteiger charge is 2.10. The van der Waals surface area contributed by atoms with Crippen LogP contribution >= 0.6 is 23.2 Å². The van der Waals surface area contributed by atoms with Crippen LogP contribution in [0, 0.1) is 11.3 Å². The highest BCUT2D eigenvalue weighted by molar-refractivity contribution is 6.68. The Kier molecular flexibility index (Phi) is 12.3. The zero-order valence-corrected chi connectivity index (χ0v) is 29.7. The molecule has 0 unspecified atom stereocenters. The summed E-state index contributed by atoms with van der Waals surface area (Å²) in [7, 11) is 0. The Labute approximate surface area is 319 Å². The first-order chi connectivity index (χ1) is 26.4. The molecule has 0 radical (unpaired) electrons. The third-order valence-electron chi connectivity index (χ3n) is 7.76. The van der Waals surface area contributed by atoms with Crippen LogP contribution < -0.4 is 22.4 Å². The molecule has 15 heteroatoms. The second kappa shape index (κ2) is 17.4. The van der Waals surface area contributed by atoms with E-state index in [9.17, 15) is 28.8 Å². The number of amides is 1. The van der Waals surface area contributed by atoms with Gasteiger partial charge in [0.25, 0.3) is 5.24 Å². The summed E-state index contributed by atoms with van der Waals surface area (Å²) in [5.41, 5.74) is 7.73. The normalized spacial score (nSPS) is 10.2. The van der Waals surface area contributed by atoms with Crippen molar-refractivity contribution in [1.29, 1.82) is 5.26 Å². The van der Waals surface area contributed by atoms with Crippen molar-refractivity contribution in [3.05, 3.63) is 180 Å². The molecule has 0 bridgehead atoms. The number of carbonyl (C=O) groups excluding carboxylic acids is 2. The SMILES string of the molecule is N#Cc1cc(Cl)nc2ccccc12.NC(=O)c1cc(=O)[nH]c2ccccc12.O=C(Cl)c1cc(=O)[nH]c2ccccc12.O=C(O)c1cc(=O)[nH]c2ccccc12. The smallest absolute Gasteiger partial charge is 0.336 e. The maximum absolute atomic E-state index is 11.1. The average Bonchev–Trinajstić information content (AvgIpc) is 3.17. The van der Waals surface area contributed by atoms with Crippen molar-refractivity contribution in [3.8, 4) is 6.07 Å².